The van der Waals surface area contributed by atoms with Crippen molar-refractivity contribution >= 4 is 12.1 Å². The summed E-state index contributed by atoms with van der Waals surface area (Å²) in [6.07, 6.45) is -1.83. The molecule has 3 rings (SSSR count). The first-order valence-electron chi connectivity index (χ1n) is 8.51. The highest BCUT2D eigenvalue weighted by Crippen LogP contribution is 2.44. The summed E-state index contributed by atoms with van der Waals surface area (Å²) in [6.45, 7) is -0.237. The molecule has 2 aromatic rings. The van der Waals surface area contributed by atoms with Gasteiger partial charge in [0.05, 0.1) is 7.11 Å². The highest BCUT2D eigenvalue weighted by atomic mass is 19.4. The number of fused-ring (bicyclic) bond motifs is 3. The van der Waals surface area contributed by atoms with Gasteiger partial charge in [0.2, 0.25) is 0 Å². The van der Waals surface area contributed by atoms with Crippen LogP contribution < -0.4 is 5.32 Å². The molecule has 5 nitrogen and oxygen atoms in total. The molecule has 2 aromatic carbocycles. The summed E-state index contributed by atoms with van der Waals surface area (Å²) in [7, 11) is 0.736. The van der Waals surface area contributed by atoms with Gasteiger partial charge in [-0.1, -0.05) is 54.5 Å². The van der Waals surface area contributed by atoms with Crippen LogP contribution in [0, 0.1) is 12.3 Å². The van der Waals surface area contributed by atoms with Gasteiger partial charge in [0.25, 0.3) is 5.54 Å². The molecule has 0 fully saturated rings. The second-order valence-electron chi connectivity index (χ2n) is 6.33. The molecule has 0 saturated carbocycles. The SMILES string of the molecule is C#CC(NC(=O)OCC1c2ccccc2-c2ccccc21)(C(=O)OC)C(F)(F)F. The Balaban J connectivity index is 1.81. The topological polar surface area (TPSA) is 64.6 Å². The molecule has 8 heteroatoms. The molecular weight excluding hydrogens is 387 g/mol. The highest BCUT2D eigenvalue weighted by molar-refractivity contribution is 5.90. The number of carbonyl (C=O) groups is 2. The lowest BCUT2D eigenvalue weighted by molar-refractivity contribution is -0.197. The van der Waals surface area contributed by atoms with Gasteiger partial charge in [-0.3, -0.25) is 5.32 Å². The molecule has 0 radical (unpaired) electrons. The van der Waals surface area contributed by atoms with E-state index in [4.69, 9.17) is 11.2 Å². The summed E-state index contributed by atoms with van der Waals surface area (Å²) in [6, 6.07) is 14.9. The Kier molecular flexibility index (Phi) is 5.25. The molecule has 1 amide bonds. The van der Waals surface area contributed by atoms with Crippen LogP contribution in [-0.2, 0) is 14.3 Å². The van der Waals surface area contributed by atoms with E-state index in [-0.39, 0.29) is 12.5 Å². The van der Waals surface area contributed by atoms with E-state index in [0.29, 0.717) is 0 Å². The second kappa shape index (κ2) is 7.51. The standard InChI is InChI=1S/C21H16F3NO4/c1-3-20(18(26)28-2,21(22,23)24)25-19(27)29-12-17-15-10-6-4-8-13(15)14-9-5-7-11-16(14)17/h1,4-11,17H,12H2,2H3,(H,25,27). The Morgan fingerprint density at radius 1 is 1.07 bits per heavy atom. The zero-order chi connectivity index (χ0) is 21.2. The number of amides is 1. The van der Waals surface area contributed by atoms with Gasteiger partial charge < -0.3 is 9.47 Å². The smallest absolute Gasteiger partial charge is 0.434 e. The molecule has 150 valence electrons. The molecule has 0 aliphatic heterocycles. The first-order chi connectivity index (χ1) is 13.7. The summed E-state index contributed by atoms with van der Waals surface area (Å²) in [4.78, 5) is 23.8. The van der Waals surface area contributed by atoms with Crippen molar-refractivity contribution in [3.05, 3.63) is 59.7 Å². The molecule has 1 atom stereocenters. The van der Waals surface area contributed by atoms with E-state index < -0.39 is 23.8 Å². The van der Waals surface area contributed by atoms with Crippen molar-refractivity contribution in [1.29, 1.82) is 0 Å². The third-order valence-electron chi connectivity index (χ3n) is 4.77. The van der Waals surface area contributed by atoms with Crippen LogP contribution in [0.5, 0.6) is 0 Å². The van der Waals surface area contributed by atoms with E-state index in [1.807, 2.05) is 48.5 Å². The van der Waals surface area contributed by atoms with Crippen LogP contribution in [0.2, 0.25) is 0 Å². The number of alkyl halides is 3. The van der Waals surface area contributed by atoms with Crippen molar-refractivity contribution in [3.63, 3.8) is 0 Å². The van der Waals surface area contributed by atoms with Gasteiger partial charge in [0.1, 0.15) is 6.61 Å². The summed E-state index contributed by atoms with van der Waals surface area (Å²) in [5, 5.41) is 1.45. The van der Waals surface area contributed by atoms with E-state index in [1.165, 1.54) is 11.2 Å². The second-order valence-corrected chi connectivity index (χ2v) is 6.33. The maximum absolute atomic E-state index is 13.4. The first-order valence-corrected chi connectivity index (χ1v) is 8.51. The summed E-state index contributed by atoms with van der Waals surface area (Å²) < 4.78 is 49.4. The third-order valence-corrected chi connectivity index (χ3v) is 4.77. The highest BCUT2D eigenvalue weighted by Gasteiger charge is 2.62. The zero-order valence-electron chi connectivity index (χ0n) is 15.2. The number of rotatable bonds is 4. The Hall–Kier alpha value is -3.47. The number of nitrogens with one attached hydrogen (secondary N) is 1. The quantitative estimate of drug-likeness (QED) is 0.626. The van der Waals surface area contributed by atoms with Crippen LogP contribution >= 0.6 is 0 Å². The molecule has 0 bridgehead atoms. The van der Waals surface area contributed by atoms with Gasteiger partial charge in [0.15, 0.2) is 0 Å². The average molecular weight is 403 g/mol. The normalized spacial score (nSPS) is 14.7. The van der Waals surface area contributed by atoms with Crippen molar-refractivity contribution in [2.75, 3.05) is 13.7 Å². The number of halogens is 3. The van der Waals surface area contributed by atoms with Crippen molar-refractivity contribution in [3.8, 4) is 23.5 Å². The van der Waals surface area contributed by atoms with Crippen LogP contribution in [0.4, 0.5) is 18.0 Å². The third kappa shape index (κ3) is 3.40. The largest absolute Gasteiger partial charge is 0.466 e. The number of esters is 1. The minimum atomic E-state index is -5.28. The Morgan fingerprint density at radius 3 is 2.03 bits per heavy atom. The molecule has 1 aliphatic carbocycles. The molecule has 29 heavy (non-hydrogen) atoms. The monoisotopic (exact) mass is 403 g/mol. The number of hydrogen-bond acceptors (Lipinski definition) is 4. The van der Waals surface area contributed by atoms with Crippen LogP contribution in [-0.4, -0.2) is 37.5 Å². The van der Waals surface area contributed by atoms with Crippen molar-refractivity contribution in [2.24, 2.45) is 0 Å². The van der Waals surface area contributed by atoms with Crippen LogP contribution in [0.3, 0.4) is 0 Å². The lowest BCUT2D eigenvalue weighted by atomic mass is 9.98. The molecule has 1 unspecified atom stereocenters. The first kappa shape index (κ1) is 20.3. The molecule has 0 saturated heterocycles. The van der Waals surface area contributed by atoms with Crippen molar-refractivity contribution in [2.45, 2.75) is 17.6 Å². The van der Waals surface area contributed by atoms with Crippen LogP contribution in [0.1, 0.15) is 17.0 Å². The Bertz CT molecular complexity index is 950. The zero-order valence-corrected chi connectivity index (χ0v) is 15.2. The molecule has 0 spiro atoms. The molecule has 1 aliphatic rings. The average Bonchev–Trinajstić information content (AvgIpc) is 3.03. The van der Waals surface area contributed by atoms with E-state index in [9.17, 15) is 22.8 Å². The van der Waals surface area contributed by atoms with Gasteiger partial charge in [-0.25, -0.2) is 9.59 Å². The number of ether oxygens (including phenoxy) is 2. The maximum atomic E-state index is 13.4. The van der Waals surface area contributed by atoms with Gasteiger partial charge in [-0.2, -0.15) is 13.2 Å². The Labute approximate surface area is 164 Å². The number of carbonyl (C=O) groups excluding carboxylic acids is 2. The fourth-order valence-electron chi connectivity index (χ4n) is 3.36. The fraction of sp³-hybridized carbons (Fsp3) is 0.238. The van der Waals surface area contributed by atoms with E-state index >= 15 is 0 Å². The molecule has 0 aromatic heterocycles. The van der Waals surface area contributed by atoms with Gasteiger partial charge in [-0.05, 0) is 22.3 Å². The minimum absolute atomic E-state index is 0.237. The van der Waals surface area contributed by atoms with E-state index in [2.05, 4.69) is 4.74 Å². The van der Waals surface area contributed by atoms with Crippen LogP contribution in [0.25, 0.3) is 11.1 Å². The number of terminal acetylenes is 1. The number of methoxy groups -OCH3 is 1. The lowest BCUT2D eigenvalue weighted by Crippen LogP contribution is -2.63. The van der Waals surface area contributed by atoms with Crippen LogP contribution in [0.15, 0.2) is 48.5 Å². The predicted octanol–water partition coefficient (Wildman–Crippen LogP) is 3.63. The van der Waals surface area contributed by atoms with Crippen molar-refractivity contribution < 1.29 is 32.2 Å². The molecule has 1 N–H and O–H groups in total. The van der Waals surface area contributed by atoms with Crippen molar-refractivity contribution in [1.82, 2.24) is 5.32 Å². The minimum Gasteiger partial charge on any atom is -0.466 e. The van der Waals surface area contributed by atoms with Gasteiger partial charge in [0, 0.05) is 5.92 Å². The van der Waals surface area contributed by atoms with E-state index in [1.54, 1.807) is 0 Å². The van der Waals surface area contributed by atoms with Gasteiger partial charge >= 0.3 is 18.2 Å². The Morgan fingerprint density at radius 2 is 1.59 bits per heavy atom. The summed E-state index contributed by atoms with van der Waals surface area (Å²) in [5.41, 5.74) is 0.0477. The number of benzene rings is 2. The van der Waals surface area contributed by atoms with E-state index in [0.717, 1.165) is 29.4 Å². The van der Waals surface area contributed by atoms with Gasteiger partial charge in [-0.15, -0.1) is 6.42 Å². The lowest BCUT2D eigenvalue weighted by Gasteiger charge is -2.28. The number of alkyl carbamates (subject to hydrolysis) is 1. The number of hydrogen-bond donors (Lipinski definition) is 1. The summed E-state index contributed by atoms with van der Waals surface area (Å²) in [5.74, 6) is -0.911. The maximum Gasteiger partial charge on any atom is 0.434 e. The summed E-state index contributed by atoms with van der Waals surface area (Å²) >= 11 is 0. The fourth-order valence-corrected chi connectivity index (χ4v) is 3.36. The molecular formula is C21H16F3NO4. The molecule has 0 heterocycles. The predicted molar refractivity (Wildman–Crippen MR) is 97.8 cm³/mol.